The second kappa shape index (κ2) is 5.57. The molecule has 1 aromatic carbocycles. The van der Waals surface area contributed by atoms with Gasteiger partial charge in [0, 0.05) is 11.5 Å². The van der Waals surface area contributed by atoms with Crippen LogP contribution in [0, 0.1) is 6.92 Å². The molecule has 0 atom stereocenters. The summed E-state index contributed by atoms with van der Waals surface area (Å²) in [5.74, 6) is -0.241. The maximum atomic E-state index is 11.2. The van der Waals surface area contributed by atoms with Crippen LogP contribution in [-0.2, 0) is 19.9 Å². The molecule has 0 saturated carbocycles. The Labute approximate surface area is 120 Å². The van der Waals surface area contributed by atoms with E-state index in [9.17, 15) is 4.79 Å². The number of hydrogen-bond acceptors (Lipinski definition) is 2. The zero-order chi connectivity index (χ0) is 14.0. The van der Waals surface area contributed by atoms with Crippen molar-refractivity contribution in [3.8, 4) is 0 Å². The van der Waals surface area contributed by atoms with Crippen molar-refractivity contribution in [3.63, 3.8) is 0 Å². The fraction of sp³-hybridized carbons (Fsp3) is 0.286. The van der Waals surface area contributed by atoms with E-state index < -0.39 is 5.97 Å². The number of aromatic carboxylic acids is 1. The number of rotatable bonds is 4. The van der Waals surface area contributed by atoms with Gasteiger partial charge in [0.15, 0.2) is 5.69 Å². The van der Waals surface area contributed by atoms with Gasteiger partial charge in [-0.1, -0.05) is 28.1 Å². The van der Waals surface area contributed by atoms with Gasteiger partial charge in [-0.25, -0.2) is 9.78 Å². The molecule has 100 valence electrons. The van der Waals surface area contributed by atoms with E-state index in [-0.39, 0.29) is 5.69 Å². The minimum Gasteiger partial charge on any atom is -0.476 e. The summed E-state index contributed by atoms with van der Waals surface area (Å²) in [6, 6.07) is 8.03. The molecule has 0 aliphatic rings. The first-order valence-corrected chi connectivity index (χ1v) is 6.78. The molecule has 2 aromatic rings. The van der Waals surface area contributed by atoms with E-state index in [0.717, 1.165) is 22.4 Å². The lowest BCUT2D eigenvalue weighted by Crippen LogP contribution is -2.06. The lowest BCUT2D eigenvalue weighted by Gasteiger charge is -2.06. The fourth-order valence-electron chi connectivity index (χ4n) is 2.07. The summed E-state index contributed by atoms with van der Waals surface area (Å²) in [5, 5.41) is 9.16. The van der Waals surface area contributed by atoms with E-state index in [1.807, 2.05) is 42.8 Å². The molecule has 2 rings (SSSR count). The Bertz CT molecular complexity index is 620. The number of carbonyl (C=O) groups is 1. The van der Waals surface area contributed by atoms with Crippen molar-refractivity contribution in [2.45, 2.75) is 19.8 Å². The Morgan fingerprint density at radius 1 is 1.42 bits per heavy atom. The zero-order valence-electron chi connectivity index (χ0n) is 10.9. The Morgan fingerprint density at radius 2 is 2.16 bits per heavy atom. The molecule has 19 heavy (non-hydrogen) atoms. The summed E-state index contributed by atoms with van der Waals surface area (Å²) in [6.45, 7) is 1.81. The van der Waals surface area contributed by atoms with Crippen LogP contribution < -0.4 is 0 Å². The minimum absolute atomic E-state index is 0.162. The van der Waals surface area contributed by atoms with Crippen LogP contribution in [0.1, 0.15) is 27.6 Å². The molecule has 0 bridgehead atoms. The zero-order valence-corrected chi connectivity index (χ0v) is 12.4. The largest absolute Gasteiger partial charge is 0.476 e. The van der Waals surface area contributed by atoms with E-state index in [0.29, 0.717) is 6.42 Å². The highest BCUT2D eigenvalue weighted by molar-refractivity contribution is 9.10. The molecule has 5 heteroatoms. The Morgan fingerprint density at radius 3 is 2.79 bits per heavy atom. The van der Waals surface area contributed by atoms with Gasteiger partial charge >= 0.3 is 5.97 Å². The van der Waals surface area contributed by atoms with Crippen LogP contribution in [0.15, 0.2) is 28.7 Å². The van der Waals surface area contributed by atoms with Gasteiger partial charge in [-0.15, -0.1) is 0 Å². The third-order valence-corrected chi connectivity index (χ3v) is 3.67. The number of halogens is 1. The predicted molar refractivity (Wildman–Crippen MR) is 76.5 cm³/mol. The molecule has 0 saturated heterocycles. The Hall–Kier alpha value is -1.62. The van der Waals surface area contributed by atoms with Crippen LogP contribution in [0.4, 0.5) is 0 Å². The van der Waals surface area contributed by atoms with Crippen LogP contribution >= 0.6 is 15.9 Å². The average Bonchev–Trinajstić information content (AvgIpc) is 2.64. The topological polar surface area (TPSA) is 55.1 Å². The average molecular weight is 323 g/mol. The Kier molecular flexibility index (Phi) is 4.04. The molecule has 0 fully saturated rings. The van der Waals surface area contributed by atoms with Crippen molar-refractivity contribution >= 4 is 21.9 Å². The molecule has 0 unspecified atom stereocenters. The molecule has 0 radical (unpaired) electrons. The lowest BCUT2D eigenvalue weighted by atomic mass is 10.1. The number of carboxylic acid groups (broad SMARTS) is 1. The van der Waals surface area contributed by atoms with Crippen molar-refractivity contribution in [3.05, 3.63) is 51.5 Å². The smallest absolute Gasteiger partial charge is 0.356 e. The molecular formula is C14H15BrN2O2. The predicted octanol–water partition coefficient (Wildman–Crippen LogP) is 2.97. The normalized spacial score (nSPS) is 10.7. The van der Waals surface area contributed by atoms with Gasteiger partial charge in [-0.2, -0.15) is 0 Å². The number of aryl methyl sites for hydroxylation is 2. The number of benzene rings is 1. The maximum absolute atomic E-state index is 11.2. The first-order chi connectivity index (χ1) is 8.99. The van der Waals surface area contributed by atoms with Crippen LogP contribution in [0.5, 0.6) is 0 Å². The van der Waals surface area contributed by atoms with Gasteiger partial charge in [0.2, 0.25) is 0 Å². The SMILES string of the molecule is Cc1nc(C(=O)O)c(CCc2cccc(Br)c2)n1C. The third kappa shape index (κ3) is 3.04. The molecule has 0 aliphatic heterocycles. The van der Waals surface area contributed by atoms with Gasteiger partial charge in [-0.3, -0.25) is 0 Å². The standard InChI is InChI=1S/C14H15BrN2O2/c1-9-16-13(14(18)19)12(17(9)2)7-6-10-4-3-5-11(15)8-10/h3-5,8H,6-7H2,1-2H3,(H,18,19). The van der Waals surface area contributed by atoms with Gasteiger partial charge in [-0.05, 0) is 37.5 Å². The molecule has 1 aromatic heterocycles. The van der Waals surface area contributed by atoms with Gasteiger partial charge < -0.3 is 9.67 Å². The van der Waals surface area contributed by atoms with E-state index in [1.54, 1.807) is 0 Å². The van der Waals surface area contributed by atoms with Gasteiger partial charge in [0.25, 0.3) is 0 Å². The highest BCUT2D eigenvalue weighted by Gasteiger charge is 2.17. The minimum atomic E-state index is -0.965. The van der Waals surface area contributed by atoms with E-state index in [2.05, 4.69) is 20.9 Å². The number of imidazole rings is 1. The molecule has 0 amide bonds. The molecule has 4 nitrogen and oxygen atoms in total. The highest BCUT2D eigenvalue weighted by Crippen LogP contribution is 2.16. The van der Waals surface area contributed by atoms with Gasteiger partial charge in [0.05, 0.1) is 5.69 Å². The maximum Gasteiger partial charge on any atom is 0.356 e. The number of aromatic nitrogens is 2. The molecule has 1 heterocycles. The molecular weight excluding hydrogens is 308 g/mol. The molecule has 0 spiro atoms. The number of nitrogens with zero attached hydrogens (tertiary/aromatic N) is 2. The first-order valence-electron chi connectivity index (χ1n) is 5.99. The second-order valence-electron chi connectivity index (χ2n) is 4.45. The van der Waals surface area contributed by atoms with Crippen molar-refractivity contribution in [1.29, 1.82) is 0 Å². The van der Waals surface area contributed by atoms with Crippen LogP contribution in [0.25, 0.3) is 0 Å². The third-order valence-electron chi connectivity index (χ3n) is 3.18. The van der Waals surface area contributed by atoms with Crippen molar-refractivity contribution in [1.82, 2.24) is 9.55 Å². The summed E-state index contributed by atoms with van der Waals surface area (Å²) in [5.41, 5.74) is 2.10. The first kappa shape index (κ1) is 13.8. The van der Waals surface area contributed by atoms with Gasteiger partial charge in [0.1, 0.15) is 5.82 Å². The second-order valence-corrected chi connectivity index (χ2v) is 5.36. The van der Waals surface area contributed by atoms with Crippen molar-refractivity contribution < 1.29 is 9.90 Å². The van der Waals surface area contributed by atoms with E-state index in [1.165, 1.54) is 5.56 Å². The van der Waals surface area contributed by atoms with Crippen molar-refractivity contribution in [2.75, 3.05) is 0 Å². The summed E-state index contributed by atoms with van der Waals surface area (Å²) in [4.78, 5) is 15.3. The summed E-state index contributed by atoms with van der Waals surface area (Å²) < 4.78 is 2.88. The van der Waals surface area contributed by atoms with Crippen LogP contribution in [-0.4, -0.2) is 20.6 Å². The van der Waals surface area contributed by atoms with Crippen LogP contribution in [0.3, 0.4) is 0 Å². The van der Waals surface area contributed by atoms with Crippen LogP contribution in [0.2, 0.25) is 0 Å². The summed E-state index contributed by atoms with van der Waals surface area (Å²) >= 11 is 3.43. The van der Waals surface area contributed by atoms with E-state index >= 15 is 0 Å². The van der Waals surface area contributed by atoms with Crippen molar-refractivity contribution in [2.24, 2.45) is 7.05 Å². The molecule has 0 aliphatic carbocycles. The highest BCUT2D eigenvalue weighted by atomic mass is 79.9. The summed E-state index contributed by atoms with van der Waals surface area (Å²) in [6.07, 6.45) is 1.45. The molecule has 1 N–H and O–H groups in total. The number of hydrogen-bond donors (Lipinski definition) is 1. The Balaban J connectivity index is 2.22. The monoisotopic (exact) mass is 322 g/mol. The van der Waals surface area contributed by atoms with E-state index in [4.69, 9.17) is 5.11 Å². The summed E-state index contributed by atoms with van der Waals surface area (Å²) in [7, 11) is 1.85. The lowest BCUT2D eigenvalue weighted by molar-refractivity contribution is 0.0689. The quantitative estimate of drug-likeness (QED) is 0.941. The number of carboxylic acids is 1. The fourth-order valence-corrected chi connectivity index (χ4v) is 2.51.